The van der Waals surface area contributed by atoms with E-state index in [-0.39, 0.29) is 12.5 Å². The lowest BCUT2D eigenvalue weighted by molar-refractivity contribution is 0.102. The number of aliphatic hydroxyl groups excluding tert-OH is 1. The molecular formula is C15H12N2O2. The van der Waals surface area contributed by atoms with Gasteiger partial charge in [0.25, 0.3) is 5.91 Å². The largest absolute Gasteiger partial charge is 0.384 e. The number of nitrogens with one attached hydrogen (secondary N) is 1. The van der Waals surface area contributed by atoms with Crippen molar-refractivity contribution in [1.82, 2.24) is 4.98 Å². The predicted octanol–water partition coefficient (Wildman–Crippen LogP) is 1.68. The van der Waals surface area contributed by atoms with Gasteiger partial charge < -0.3 is 10.4 Å². The molecule has 0 saturated carbocycles. The number of nitrogens with zero attached hydrogens (tertiary/aromatic N) is 1. The Labute approximate surface area is 111 Å². The normalized spacial score (nSPS) is 9.32. The van der Waals surface area contributed by atoms with Gasteiger partial charge in [0.1, 0.15) is 12.3 Å². The quantitative estimate of drug-likeness (QED) is 0.799. The van der Waals surface area contributed by atoms with Crippen molar-refractivity contribution in [3.05, 3.63) is 59.9 Å². The van der Waals surface area contributed by atoms with Crippen molar-refractivity contribution in [2.24, 2.45) is 0 Å². The molecule has 94 valence electrons. The Balaban J connectivity index is 2.13. The minimum atomic E-state index is -0.270. The molecule has 0 aliphatic carbocycles. The van der Waals surface area contributed by atoms with Gasteiger partial charge in [-0.2, -0.15) is 0 Å². The first-order chi connectivity index (χ1) is 9.29. The monoisotopic (exact) mass is 252 g/mol. The molecule has 0 fully saturated rings. The summed E-state index contributed by atoms with van der Waals surface area (Å²) < 4.78 is 0. The zero-order valence-electron chi connectivity index (χ0n) is 10.1. The number of rotatable bonds is 2. The van der Waals surface area contributed by atoms with Crippen molar-refractivity contribution in [1.29, 1.82) is 0 Å². The van der Waals surface area contributed by atoms with Gasteiger partial charge in [0, 0.05) is 17.4 Å². The summed E-state index contributed by atoms with van der Waals surface area (Å²) in [6, 6.07) is 12.3. The molecule has 1 heterocycles. The number of pyridine rings is 1. The maximum Gasteiger partial charge on any atom is 0.274 e. The predicted molar refractivity (Wildman–Crippen MR) is 72.6 cm³/mol. The van der Waals surface area contributed by atoms with Crippen LogP contribution in [0.4, 0.5) is 5.69 Å². The van der Waals surface area contributed by atoms with Crippen LogP contribution in [0.5, 0.6) is 0 Å². The van der Waals surface area contributed by atoms with Gasteiger partial charge in [0.05, 0.1) is 0 Å². The van der Waals surface area contributed by atoms with Gasteiger partial charge in [-0.05, 0) is 30.3 Å². The van der Waals surface area contributed by atoms with E-state index in [0.717, 1.165) is 5.56 Å². The van der Waals surface area contributed by atoms with Gasteiger partial charge in [0.2, 0.25) is 0 Å². The number of hydrogen-bond donors (Lipinski definition) is 2. The van der Waals surface area contributed by atoms with Gasteiger partial charge in [-0.25, -0.2) is 0 Å². The number of carbonyl (C=O) groups excluding carboxylic acids is 1. The van der Waals surface area contributed by atoms with Crippen LogP contribution < -0.4 is 5.32 Å². The van der Waals surface area contributed by atoms with Gasteiger partial charge in [0.15, 0.2) is 0 Å². The summed E-state index contributed by atoms with van der Waals surface area (Å²) in [4.78, 5) is 15.9. The number of benzene rings is 1. The number of aromatic nitrogens is 1. The third kappa shape index (κ3) is 3.66. The van der Waals surface area contributed by atoms with Crippen molar-refractivity contribution < 1.29 is 9.90 Å². The molecule has 2 N–H and O–H groups in total. The molecule has 2 rings (SSSR count). The zero-order chi connectivity index (χ0) is 13.5. The first kappa shape index (κ1) is 12.8. The minimum Gasteiger partial charge on any atom is -0.384 e. The fourth-order valence-electron chi connectivity index (χ4n) is 1.51. The summed E-state index contributed by atoms with van der Waals surface area (Å²) in [5.74, 6) is 5.07. The topological polar surface area (TPSA) is 62.2 Å². The van der Waals surface area contributed by atoms with E-state index in [1.54, 1.807) is 48.7 Å². The maximum absolute atomic E-state index is 11.9. The molecule has 0 aliphatic rings. The van der Waals surface area contributed by atoms with E-state index in [1.807, 2.05) is 0 Å². The van der Waals surface area contributed by atoms with Crippen molar-refractivity contribution >= 4 is 11.6 Å². The van der Waals surface area contributed by atoms with E-state index in [2.05, 4.69) is 22.1 Å². The van der Waals surface area contributed by atoms with E-state index in [9.17, 15) is 4.79 Å². The van der Waals surface area contributed by atoms with Crippen molar-refractivity contribution in [2.45, 2.75) is 0 Å². The standard InChI is InChI=1S/C15H12N2O2/c18-10-4-6-12-5-3-7-13(11-12)17-15(19)14-8-1-2-9-16-14/h1-3,5,7-9,11,18H,10H2,(H,17,19). The molecule has 1 aromatic heterocycles. The van der Waals surface area contributed by atoms with E-state index in [4.69, 9.17) is 5.11 Å². The molecule has 0 saturated heterocycles. The average molecular weight is 252 g/mol. The highest BCUT2D eigenvalue weighted by Crippen LogP contribution is 2.11. The first-order valence-corrected chi connectivity index (χ1v) is 5.72. The van der Waals surface area contributed by atoms with Gasteiger partial charge in [-0.3, -0.25) is 9.78 Å². The molecule has 0 atom stereocenters. The average Bonchev–Trinajstić information content (AvgIpc) is 2.46. The summed E-state index contributed by atoms with van der Waals surface area (Å²) in [5, 5.41) is 11.4. The number of hydrogen-bond acceptors (Lipinski definition) is 3. The van der Waals surface area contributed by atoms with Gasteiger partial charge in [-0.15, -0.1) is 0 Å². The molecule has 0 radical (unpaired) electrons. The van der Waals surface area contributed by atoms with E-state index in [0.29, 0.717) is 11.4 Å². The summed E-state index contributed by atoms with van der Waals surface area (Å²) in [5.41, 5.74) is 1.72. The lowest BCUT2D eigenvalue weighted by atomic mass is 10.2. The molecular weight excluding hydrogens is 240 g/mol. The lowest BCUT2D eigenvalue weighted by Gasteiger charge is -2.04. The summed E-state index contributed by atoms with van der Waals surface area (Å²) in [6.07, 6.45) is 1.57. The molecule has 1 aromatic carbocycles. The Bertz CT molecular complexity index is 627. The maximum atomic E-state index is 11.9. The Kier molecular flexibility index (Phi) is 4.27. The Morgan fingerprint density at radius 2 is 2.16 bits per heavy atom. The lowest BCUT2D eigenvalue weighted by Crippen LogP contribution is -2.13. The number of carbonyl (C=O) groups is 1. The van der Waals surface area contributed by atoms with Crippen LogP contribution in [0.25, 0.3) is 0 Å². The van der Waals surface area contributed by atoms with E-state index >= 15 is 0 Å². The van der Waals surface area contributed by atoms with Crippen LogP contribution >= 0.6 is 0 Å². The number of amides is 1. The van der Waals surface area contributed by atoms with E-state index in [1.165, 1.54) is 0 Å². The van der Waals surface area contributed by atoms with Gasteiger partial charge >= 0.3 is 0 Å². The molecule has 4 nitrogen and oxygen atoms in total. The molecule has 0 bridgehead atoms. The van der Waals surface area contributed by atoms with Crippen LogP contribution in [0.2, 0.25) is 0 Å². The second kappa shape index (κ2) is 6.34. The molecule has 0 aliphatic heterocycles. The van der Waals surface area contributed by atoms with Crippen molar-refractivity contribution in [3.8, 4) is 11.8 Å². The van der Waals surface area contributed by atoms with Crippen LogP contribution in [0, 0.1) is 11.8 Å². The fourth-order valence-corrected chi connectivity index (χ4v) is 1.51. The third-order valence-corrected chi connectivity index (χ3v) is 2.33. The zero-order valence-corrected chi connectivity index (χ0v) is 10.1. The third-order valence-electron chi connectivity index (χ3n) is 2.33. The SMILES string of the molecule is O=C(Nc1cccc(C#CCO)c1)c1ccccn1. The highest BCUT2D eigenvalue weighted by Gasteiger charge is 2.06. The summed E-state index contributed by atoms with van der Waals surface area (Å²) >= 11 is 0. The second-order valence-electron chi connectivity index (χ2n) is 3.71. The van der Waals surface area contributed by atoms with E-state index < -0.39 is 0 Å². The Hall–Kier alpha value is -2.64. The summed E-state index contributed by atoms with van der Waals surface area (Å²) in [7, 11) is 0. The number of anilines is 1. The smallest absolute Gasteiger partial charge is 0.274 e. The molecule has 0 unspecified atom stereocenters. The molecule has 1 amide bonds. The molecule has 19 heavy (non-hydrogen) atoms. The first-order valence-electron chi connectivity index (χ1n) is 5.72. The molecule has 0 spiro atoms. The highest BCUT2D eigenvalue weighted by molar-refractivity contribution is 6.02. The Morgan fingerprint density at radius 1 is 1.26 bits per heavy atom. The highest BCUT2D eigenvalue weighted by atomic mass is 16.2. The Morgan fingerprint density at radius 3 is 2.89 bits per heavy atom. The second-order valence-corrected chi connectivity index (χ2v) is 3.71. The van der Waals surface area contributed by atoms with Crippen molar-refractivity contribution in [3.63, 3.8) is 0 Å². The molecule has 2 aromatic rings. The van der Waals surface area contributed by atoms with Crippen LogP contribution in [0.15, 0.2) is 48.7 Å². The number of aliphatic hydroxyl groups is 1. The molecule has 4 heteroatoms. The minimum absolute atomic E-state index is 0.190. The van der Waals surface area contributed by atoms with Gasteiger partial charge in [-0.1, -0.05) is 24.0 Å². The fraction of sp³-hybridized carbons (Fsp3) is 0.0667. The van der Waals surface area contributed by atoms with Crippen LogP contribution in [0.3, 0.4) is 0 Å². The van der Waals surface area contributed by atoms with Crippen LogP contribution in [0.1, 0.15) is 16.1 Å². The van der Waals surface area contributed by atoms with Crippen LogP contribution in [-0.2, 0) is 0 Å². The summed E-state index contributed by atoms with van der Waals surface area (Å²) in [6.45, 7) is -0.190. The van der Waals surface area contributed by atoms with Crippen LogP contribution in [-0.4, -0.2) is 22.6 Å². The van der Waals surface area contributed by atoms with Crippen molar-refractivity contribution in [2.75, 3.05) is 11.9 Å².